The topological polar surface area (TPSA) is 66.4 Å². The number of carboxylic acid groups (broad SMARTS) is 1. The molecular weight excluding hydrogens is 405 g/mol. The van der Waals surface area contributed by atoms with E-state index in [1.165, 1.54) is 11.1 Å². The molecule has 2 N–H and O–H groups in total. The van der Waals surface area contributed by atoms with Gasteiger partial charge in [0.05, 0.1) is 0 Å². The van der Waals surface area contributed by atoms with Gasteiger partial charge in [-0.05, 0) is 78.1 Å². The van der Waals surface area contributed by atoms with Gasteiger partial charge in [0.15, 0.2) is 0 Å². The van der Waals surface area contributed by atoms with Crippen LogP contribution < -0.4 is 5.32 Å². The van der Waals surface area contributed by atoms with Gasteiger partial charge in [0, 0.05) is 10.9 Å². The van der Waals surface area contributed by atoms with Crippen molar-refractivity contribution < 1.29 is 19.1 Å². The maximum Gasteiger partial charge on any atom is 0.322 e. The van der Waals surface area contributed by atoms with Crippen LogP contribution in [-0.2, 0) is 4.79 Å². The molecule has 0 bridgehead atoms. The van der Waals surface area contributed by atoms with Gasteiger partial charge in [0.25, 0.3) is 5.91 Å². The molecule has 4 rings (SSSR count). The predicted octanol–water partition coefficient (Wildman–Crippen LogP) is 5.87. The minimum Gasteiger partial charge on any atom is -0.480 e. The second-order valence-electron chi connectivity index (χ2n) is 8.89. The van der Waals surface area contributed by atoms with E-state index in [0.717, 1.165) is 31.1 Å². The van der Waals surface area contributed by atoms with E-state index in [2.05, 4.69) is 12.2 Å². The number of halogens is 1. The summed E-state index contributed by atoms with van der Waals surface area (Å²) in [6.07, 6.45) is 4.46. The first-order chi connectivity index (χ1) is 15.4. The van der Waals surface area contributed by atoms with Crippen molar-refractivity contribution in [3.8, 4) is 0 Å². The molecule has 1 saturated carbocycles. The highest BCUT2D eigenvalue weighted by molar-refractivity contribution is 5.95. The van der Waals surface area contributed by atoms with Crippen molar-refractivity contribution in [3.63, 3.8) is 0 Å². The molecule has 3 atom stereocenters. The summed E-state index contributed by atoms with van der Waals surface area (Å²) in [4.78, 5) is 22.6. The molecule has 4 nitrogen and oxygen atoms in total. The van der Waals surface area contributed by atoms with Crippen LogP contribution in [0.15, 0.2) is 60.7 Å². The molecule has 5 heteroatoms. The molecule has 1 fully saturated rings. The third-order valence-corrected chi connectivity index (χ3v) is 6.71. The van der Waals surface area contributed by atoms with Gasteiger partial charge in [-0.25, -0.2) is 4.39 Å². The number of benzene rings is 3. The summed E-state index contributed by atoms with van der Waals surface area (Å²) in [6, 6.07) is 18.7. The van der Waals surface area contributed by atoms with Gasteiger partial charge >= 0.3 is 5.97 Å². The molecule has 166 valence electrons. The molecule has 1 aliphatic rings. The van der Waals surface area contributed by atoms with Crippen LogP contribution in [0.2, 0.25) is 0 Å². The van der Waals surface area contributed by atoms with E-state index >= 15 is 0 Å². The van der Waals surface area contributed by atoms with E-state index in [0.29, 0.717) is 28.7 Å². The highest BCUT2D eigenvalue weighted by atomic mass is 19.1. The molecule has 0 heterocycles. The van der Waals surface area contributed by atoms with Crippen LogP contribution in [0, 0.1) is 11.7 Å². The third kappa shape index (κ3) is 4.82. The van der Waals surface area contributed by atoms with Crippen LogP contribution in [0.1, 0.15) is 65.9 Å². The van der Waals surface area contributed by atoms with Crippen LogP contribution in [0.3, 0.4) is 0 Å². The first-order valence-electron chi connectivity index (χ1n) is 11.2. The van der Waals surface area contributed by atoms with Crippen molar-refractivity contribution in [1.82, 2.24) is 5.32 Å². The van der Waals surface area contributed by atoms with Crippen molar-refractivity contribution in [2.24, 2.45) is 5.92 Å². The normalized spacial score (nSPS) is 19.1. The molecule has 0 saturated heterocycles. The molecule has 32 heavy (non-hydrogen) atoms. The van der Waals surface area contributed by atoms with E-state index < -0.39 is 5.97 Å². The Morgan fingerprint density at radius 1 is 1.03 bits per heavy atom. The van der Waals surface area contributed by atoms with Crippen molar-refractivity contribution >= 4 is 22.6 Å². The number of nitrogens with one attached hydrogen (secondary N) is 1. The number of carboxylic acids is 1. The van der Waals surface area contributed by atoms with E-state index in [4.69, 9.17) is 5.11 Å². The lowest BCUT2D eigenvalue weighted by atomic mass is 9.86. The van der Waals surface area contributed by atoms with Crippen LogP contribution in [0.4, 0.5) is 4.39 Å². The Hall–Kier alpha value is -3.21. The van der Waals surface area contributed by atoms with Gasteiger partial charge < -0.3 is 10.4 Å². The van der Waals surface area contributed by atoms with Crippen LogP contribution in [0.25, 0.3) is 10.8 Å². The smallest absolute Gasteiger partial charge is 0.322 e. The van der Waals surface area contributed by atoms with E-state index in [1.54, 1.807) is 18.2 Å². The number of rotatable bonds is 7. The van der Waals surface area contributed by atoms with E-state index in [1.807, 2.05) is 42.5 Å². The minimum atomic E-state index is -1.06. The highest BCUT2D eigenvalue weighted by Crippen LogP contribution is 2.43. The average molecular weight is 434 g/mol. The molecular formula is C27H28FNO3. The third-order valence-electron chi connectivity index (χ3n) is 6.71. The first kappa shape index (κ1) is 22.0. The fourth-order valence-electron chi connectivity index (χ4n) is 5.10. The predicted molar refractivity (Wildman–Crippen MR) is 123 cm³/mol. The molecule has 1 amide bonds. The zero-order valence-corrected chi connectivity index (χ0v) is 18.2. The van der Waals surface area contributed by atoms with Gasteiger partial charge in [-0.15, -0.1) is 0 Å². The molecule has 0 spiro atoms. The lowest BCUT2D eigenvalue weighted by Gasteiger charge is -2.19. The zero-order valence-electron chi connectivity index (χ0n) is 18.2. The highest BCUT2D eigenvalue weighted by Gasteiger charge is 2.28. The molecule has 3 aromatic carbocycles. The van der Waals surface area contributed by atoms with Crippen LogP contribution >= 0.6 is 0 Å². The summed E-state index contributed by atoms with van der Waals surface area (Å²) in [5, 5.41) is 12.8. The van der Waals surface area contributed by atoms with Crippen LogP contribution in [-0.4, -0.2) is 23.5 Å². The van der Waals surface area contributed by atoms with Crippen molar-refractivity contribution in [3.05, 3.63) is 83.2 Å². The van der Waals surface area contributed by atoms with Gasteiger partial charge in [0.1, 0.15) is 12.4 Å². The Morgan fingerprint density at radius 3 is 2.47 bits per heavy atom. The van der Waals surface area contributed by atoms with Gasteiger partial charge in [-0.3, -0.25) is 9.59 Å². The largest absolute Gasteiger partial charge is 0.480 e. The van der Waals surface area contributed by atoms with Gasteiger partial charge in [0.2, 0.25) is 0 Å². The zero-order chi connectivity index (χ0) is 22.7. The lowest BCUT2D eigenvalue weighted by molar-refractivity contribution is -0.135. The fourth-order valence-corrected chi connectivity index (χ4v) is 5.10. The monoisotopic (exact) mass is 433 g/mol. The summed E-state index contributed by atoms with van der Waals surface area (Å²) in [6.45, 7) is 1.85. The Morgan fingerprint density at radius 2 is 1.75 bits per heavy atom. The average Bonchev–Trinajstić information content (AvgIpc) is 3.26. The Bertz CT molecular complexity index is 1130. The molecule has 1 aliphatic carbocycles. The number of carbonyl (C=O) groups excluding carboxylic acids is 1. The Labute approximate surface area is 187 Å². The molecule has 0 aliphatic heterocycles. The summed E-state index contributed by atoms with van der Waals surface area (Å²) in [5.41, 5.74) is 2.91. The molecule has 0 radical (unpaired) electrons. The van der Waals surface area contributed by atoms with E-state index in [-0.39, 0.29) is 18.3 Å². The summed E-state index contributed by atoms with van der Waals surface area (Å²) >= 11 is 0. The van der Waals surface area contributed by atoms with Crippen molar-refractivity contribution in [1.29, 1.82) is 0 Å². The summed E-state index contributed by atoms with van der Waals surface area (Å²) in [5.74, 6) is -0.175. The van der Waals surface area contributed by atoms with Crippen LogP contribution in [0.5, 0.6) is 0 Å². The number of amides is 1. The lowest BCUT2D eigenvalue weighted by Crippen LogP contribution is -2.29. The fraction of sp³-hybridized carbons (Fsp3) is 0.333. The number of hydrogen-bond donors (Lipinski definition) is 2. The SMILES string of the molecule is C[C@@H](C[C@H]1CC[C@@H](c2ccc(C(=O)NCC(=O)O)cc2)C1)c1ccc(F)c2ccccc12. The van der Waals surface area contributed by atoms with Gasteiger partial charge in [-0.2, -0.15) is 0 Å². The number of aliphatic carboxylic acids is 1. The molecule has 3 aromatic rings. The second kappa shape index (κ2) is 9.51. The first-order valence-corrected chi connectivity index (χ1v) is 11.2. The second-order valence-corrected chi connectivity index (χ2v) is 8.89. The summed E-state index contributed by atoms with van der Waals surface area (Å²) < 4.78 is 14.2. The quantitative estimate of drug-likeness (QED) is 0.490. The van der Waals surface area contributed by atoms with Gasteiger partial charge in [-0.1, -0.05) is 49.4 Å². The number of hydrogen-bond acceptors (Lipinski definition) is 2. The number of carbonyl (C=O) groups is 2. The van der Waals surface area contributed by atoms with E-state index in [9.17, 15) is 14.0 Å². The minimum absolute atomic E-state index is 0.169. The van der Waals surface area contributed by atoms with Crippen molar-refractivity contribution in [2.45, 2.75) is 44.4 Å². The van der Waals surface area contributed by atoms with Crippen molar-refractivity contribution in [2.75, 3.05) is 6.54 Å². The molecule has 0 aromatic heterocycles. The molecule has 0 unspecified atom stereocenters. The standard InChI is InChI=1S/C27H28FNO3/c1-17(22-12-13-25(28)24-5-3-2-4-23(22)24)14-18-6-7-21(15-18)19-8-10-20(11-9-19)27(32)29-16-26(30)31/h2-5,8-13,17-18,21H,6-7,14-16H2,1H3,(H,29,32)(H,30,31)/t17-,18+,21+/m0/s1. The Balaban J connectivity index is 1.38. The Kier molecular flexibility index (Phi) is 6.54. The maximum absolute atomic E-state index is 14.2. The summed E-state index contributed by atoms with van der Waals surface area (Å²) in [7, 11) is 0. The number of fused-ring (bicyclic) bond motifs is 1. The maximum atomic E-state index is 14.2.